The summed E-state index contributed by atoms with van der Waals surface area (Å²) in [5, 5.41) is 25.6. The standard InChI is InChI=1S/C17H11N3O4S2/c21-14-7-6-13(20(23)24)9-12(14)10-18-19-16(22)15(26-17(19)25)8-11-4-2-1-3-5-11/h1-10,21H/b15-8+,18-10+. The second kappa shape index (κ2) is 7.46. The van der Waals surface area contributed by atoms with Gasteiger partial charge in [-0.15, -0.1) is 0 Å². The number of benzene rings is 2. The zero-order valence-corrected chi connectivity index (χ0v) is 14.7. The van der Waals surface area contributed by atoms with Crippen LogP contribution in [0.1, 0.15) is 11.1 Å². The van der Waals surface area contributed by atoms with Crippen LogP contribution in [0.3, 0.4) is 0 Å². The number of nitrogens with zero attached hydrogens (tertiary/aromatic N) is 3. The Morgan fingerprint density at radius 2 is 1.96 bits per heavy atom. The van der Waals surface area contributed by atoms with Gasteiger partial charge in [-0.3, -0.25) is 14.9 Å². The van der Waals surface area contributed by atoms with E-state index in [0.29, 0.717) is 4.91 Å². The van der Waals surface area contributed by atoms with Crippen molar-refractivity contribution in [3.8, 4) is 5.75 Å². The third kappa shape index (κ3) is 3.79. The highest BCUT2D eigenvalue weighted by atomic mass is 32.2. The molecular formula is C17H11N3O4S2. The Bertz CT molecular complexity index is 958. The first-order chi connectivity index (χ1) is 12.5. The van der Waals surface area contributed by atoms with E-state index < -0.39 is 10.8 Å². The van der Waals surface area contributed by atoms with Crippen molar-refractivity contribution in [3.63, 3.8) is 0 Å². The van der Waals surface area contributed by atoms with E-state index in [2.05, 4.69) is 5.10 Å². The Labute approximate surface area is 157 Å². The summed E-state index contributed by atoms with van der Waals surface area (Å²) in [7, 11) is 0. The number of carbonyl (C=O) groups is 1. The number of carbonyl (C=O) groups excluding carboxylic acids is 1. The van der Waals surface area contributed by atoms with Gasteiger partial charge in [0.25, 0.3) is 11.6 Å². The molecule has 0 bridgehead atoms. The Kier molecular flexibility index (Phi) is 5.10. The van der Waals surface area contributed by atoms with Crippen molar-refractivity contribution in [2.75, 3.05) is 0 Å². The summed E-state index contributed by atoms with van der Waals surface area (Å²) in [6, 6.07) is 12.8. The molecular weight excluding hydrogens is 374 g/mol. The van der Waals surface area contributed by atoms with Crippen molar-refractivity contribution in [1.29, 1.82) is 0 Å². The van der Waals surface area contributed by atoms with E-state index in [-0.39, 0.29) is 21.3 Å². The number of thiocarbonyl (C=S) groups is 1. The minimum atomic E-state index is -0.584. The third-order valence-electron chi connectivity index (χ3n) is 3.40. The monoisotopic (exact) mass is 385 g/mol. The molecule has 3 rings (SSSR count). The lowest BCUT2D eigenvalue weighted by atomic mass is 10.2. The van der Waals surface area contributed by atoms with Crippen LogP contribution in [-0.2, 0) is 4.79 Å². The quantitative estimate of drug-likeness (QED) is 0.284. The first kappa shape index (κ1) is 17.8. The lowest BCUT2D eigenvalue weighted by molar-refractivity contribution is -0.384. The van der Waals surface area contributed by atoms with Gasteiger partial charge in [-0.1, -0.05) is 42.1 Å². The normalized spacial score (nSPS) is 16.0. The largest absolute Gasteiger partial charge is 0.507 e. The van der Waals surface area contributed by atoms with Crippen LogP contribution in [0.25, 0.3) is 6.08 Å². The number of thioether (sulfide) groups is 1. The zero-order valence-electron chi connectivity index (χ0n) is 13.1. The number of amides is 1. The molecule has 0 spiro atoms. The predicted molar refractivity (Wildman–Crippen MR) is 104 cm³/mol. The average molecular weight is 385 g/mol. The van der Waals surface area contributed by atoms with Gasteiger partial charge >= 0.3 is 0 Å². The SMILES string of the molecule is O=C1/C(=C\c2ccccc2)SC(=S)N1/N=C/c1cc([N+](=O)[O-])ccc1O. The number of nitro groups is 1. The number of hydrogen-bond acceptors (Lipinski definition) is 7. The van der Waals surface area contributed by atoms with Crippen molar-refractivity contribution in [3.05, 3.63) is 74.7 Å². The molecule has 0 saturated carbocycles. The Morgan fingerprint density at radius 3 is 2.65 bits per heavy atom. The number of phenols is 1. The summed E-state index contributed by atoms with van der Waals surface area (Å²) in [6.45, 7) is 0. The molecule has 1 amide bonds. The molecule has 1 aliphatic rings. The van der Waals surface area contributed by atoms with E-state index in [1.54, 1.807) is 6.08 Å². The van der Waals surface area contributed by atoms with Gasteiger partial charge < -0.3 is 5.11 Å². The van der Waals surface area contributed by atoms with Gasteiger partial charge in [-0.2, -0.15) is 10.1 Å². The molecule has 0 aliphatic carbocycles. The summed E-state index contributed by atoms with van der Waals surface area (Å²) in [5.74, 6) is -0.588. The number of hydrazone groups is 1. The highest BCUT2D eigenvalue weighted by Crippen LogP contribution is 2.33. The highest BCUT2D eigenvalue weighted by Gasteiger charge is 2.32. The van der Waals surface area contributed by atoms with Crippen LogP contribution in [-0.4, -0.2) is 31.5 Å². The number of hydrogen-bond donors (Lipinski definition) is 1. The molecule has 26 heavy (non-hydrogen) atoms. The molecule has 9 heteroatoms. The van der Waals surface area contributed by atoms with Crippen LogP contribution < -0.4 is 0 Å². The number of rotatable bonds is 4. The molecule has 0 aromatic heterocycles. The van der Waals surface area contributed by atoms with E-state index in [1.165, 1.54) is 18.3 Å². The number of phenolic OH excluding ortho intramolecular Hbond substituents is 1. The zero-order chi connectivity index (χ0) is 18.7. The second-order valence-electron chi connectivity index (χ2n) is 5.15. The minimum Gasteiger partial charge on any atom is -0.507 e. The van der Waals surface area contributed by atoms with Crippen LogP contribution in [0.15, 0.2) is 58.5 Å². The molecule has 0 radical (unpaired) electrons. The summed E-state index contributed by atoms with van der Waals surface area (Å²) in [6.07, 6.45) is 2.87. The predicted octanol–water partition coefficient (Wildman–Crippen LogP) is 3.54. The van der Waals surface area contributed by atoms with E-state index in [4.69, 9.17) is 12.2 Å². The van der Waals surface area contributed by atoms with E-state index in [0.717, 1.165) is 28.4 Å². The van der Waals surface area contributed by atoms with Crippen LogP contribution in [0.5, 0.6) is 5.75 Å². The van der Waals surface area contributed by atoms with Gasteiger partial charge in [0, 0.05) is 17.7 Å². The molecule has 2 aromatic carbocycles. The average Bonchev–Trinajstić information content (AvgIpc) is 2.88. The van der Waals surface area contributed by atoms with E-state index >= 15 is 0 Å². The lowest BCUT2D eigenvalue weighted by Gasteiger charge is -2.06. The maximum absolute atomic E-state index is 12.5. The molecule has 2 aromatic rings. The van der Waals surface area contributed by atoms with Crippen LogP contribution >= 0.6 is 24.0 Å². The second-order valence-corrected chi connectivity index (χ2v) is 6.82. The summed E-state index contributed by atoms with van der Waals surface area (Å²) < 4.78 is 0.235. The topological polar surface area (TPSA) is 96.0 Å². The lowest BCUT2D eigenvalue weighted by Crippen LogP contribution is -2.22. The highest BCUT2D eigenvalue weighted by molar-refractivity contribution is 8.26. The summed E-state index contributed by atoms with van der Waals surface area (Å²) in [4.78, 5) is 23.1. The molecule has 1 N–H and O–H groups in total. The maximum Gasteiger partial charge on any atom is 0.286 e. The Balaban J connectivity index is 1.84. The molecule has 1 aliphatic heterocycles. The summed E-state index contributed by atoms with van der Waals surface area (Å²) in [5.41, 5.74) is 0.771. The fourth-order valence-electron chi connectivity index (χ4n) is 2.14. The molecule has 1 saturated heterocycles. The Morgan fingerprint density at radius 1 is 1.23 bits per heavy atom. The van der Waals surface area contributed by atoms with E-state index in [1.807, 2.05) is 30.3 Å². The van der Waals surface area contributed by atoms with Crippen molar-refractivity contribution in [2.45, 2.75) is 0 Å². The molecule has 130 valence electrons. The number of nitro benzene ring substituents is 1. The van der Waals surface area contributed by atoms with Gasteiger partial charge in [0.05, 0.1) is 16.0 Å². The Hall–Kier alpha value is -3.04. The van der Waals surface area contributed by atoms with Crippen molar-refractivity contribution in [2.24, 2.45) is 5.10 Å². The van der Waals surface area contributed by atoms with Gasteiger partial charge in [0.2, 0.25) is 0 Å². The van der Waals surface area contributed by atoms with Gasteiger partial charge in [-0.05, 0) is 29.9 Å². The van der Waals surface area contributed by atoms with Crippen LogP contribution in [0.2, 0.25) is 0 Å². The van der Waals surface area contributed by atoms with Crippen molar-refractivity contribution in [1.82, 2.24) is 5.01 Å². The molecule has 1 heterocycles. The molecule has 1 fully saturated rings. The van der Waals surface area contributed by atoms with Gasteiger partial charge in [0.15, 0.2) is 4.32 Å². The van der Waals surface area contributed by atoms with Crippen molar-refractivity contribution < 1.29 is 14.8 Å². The minimum absolute atomic E-state index is 0.111. The smallest absolute Gasteiger partial charge is 0.286 e. The van der Waals surface area contributed by atoms with Crippen molar-refractivity contribution >= 4 is 52.2 Å². The molecule has 7 nitrogen and oxygen atoms in total. The third-order valence-corrected chi connectivity index (χ3v) is 4.69. The molecule has 0 atom stereocenters. The van der Waals surface area contributed by atoms with E-state index in [9.17, 15) is 20.0 Å². The number of aromatic hydroxyl groups is 1. The first-order valence-electron chi connectivity index (χ1n) is 7.30. The van der Waals surface area contributed by atoms with Gasteiger partial charge in [-0.25, -0.2) is 0 Å². The fraction of sp³-hybridized carbons (Fsp3) is 0. The van der Waals surface area contributed by atoms with Crippen LogP contribution in [0.4, 0.5) is 5.69 Å². The summed E-state index contributed by atoms with van der Waals surface area (Å²) >= 11 is 6.28. The number of non-ortho nitro benzene ring substituents is 1. The molecule has 0 unspecified atom stereocenters. The first-order valence-corrected chi connectivity index (χ1v) is 8.52. The van der Waals surface area contributed by atoms with Crippen LogP contribution in [0, 0.1) is 10.1 Å². The van der Waals surface area contributed by atoms with Gasteiger partial charge in [0.1, 0.15) is 5.75 Å². The maximum atomic E-state index is 12.5. The fourth-order valence-corrected chi connectivity index (χ4v) is 3.31.